The lowest BCUT2D eigenvalue weighted by atomic mass is 10.1. The highest BCUT2D eigenvalue weighted by Crippen LogP contribution is 2.34. The zero-order chi connectivity index (χ0) is 26.7. The van der Waals surface area contributed by atoms with Gasteiger partial charge in [0.25, 0.3) is 5.91 Å². The van der Waals surface area contributed by atoms with E-state index in [0.29, 0.717) is 12.3 Å². The Bertz CT molecular complexity index is 1380. The molecule has 1 unspecified atom stereocenters. The number of hydrogen-bond donors (Lipinski definition) is 1. The summed E-state index contributed by atoms with van der Waals surface area (Å²) in [5.41, 5.74) is -1.72. The molecule has 0 aliphatic heterocycles. The minimum absolute atomic E-state index is 0.118. The van der Waals surface area contributed by atoms with Gasteiger partial charge in [-0.3, -0.25) is 4.79 Å². The number of anilines is 1. The zero-order valence-corrected chi connectivity index (χ0v) is 19.3. The minimum Gasteiger partial charge on any atom is -0.438 e. The van der Waals surface area contributed by atoms with E-state index in [-0.39, 0.29) is 16.3 Å². The van der Waals surface area contributed by atoms with E-state index < -0.39 is 50.9 Å². The monoisotopic (exact) mass is 533 g/mol. The normalized spacial score (nSPS) is 13.4. The van der Waals surface area contributed by atoms with Crippen molar-refractivity contribution in [2.75, 3.05) is 18.6 Å². The molecule has 7 nitrogen and oxygen atoms in total. The van der Waals surface area contributed by atoms with Gasteiger partial charge in [0, 0.05) is 30.1 Å². The van der Waals surface area contributed by atoms with Gasteiger partial charge >= 0.3 is 12.5 Å². The summed E-state index contributed by atoms with van der Waals surface area (Å²) in [4.78, 5) is 16.8. The van der Waals surface area contributed by atoms with E-state index in [4.69, 9.17) is 4.74 Å². The van der Waals surface area contributed by atoms with Crippen LogP contribution in [0, 0.1) is 0 Å². The van der Waals surface area contributed by atoms with Crippen LogP contribution in [0.4, 0.5) is 32.0 Å². The average molecular weight is 533 g/mol. The molecule has 192 valence electrons. The molecule has 1 N–H and O–H groups in total. The number of amides is 1. The molecule has 0 bridgehead atoms. The fourth-order valence-corrected chi connectivity index (χ4v) is 3.67. The van der Waals surface area contributed by atoms with Gasteiger partial charge in [0.05, 0.1) is 15.3 Å². The largest absolute Gasteiger partial charge is 0.573 e. The van der Waals surface area contributed by atoms with Gasteiger partial charge in [-0.05, 0) is 48.5 Å². The number of nitrogens with zero attached hydrogens (tertiary/aromatic N) is 2. The Kier molecular flexibility index (Phi) is 7.48. The molecule has 0 aliphatic carbocycles. The number of carbonyl (C=O) groups excluding carboxylic acids is 1. The van der Waals surface area contributed by atoms with Gasteiger partial charge in [0.2, 0.25) is 5.88 Å². The van der Waals surface area contributed by atoms with Crippen LogP contribution in [0.25, 0.3) is 0 Å². The average Bonchev–Trinajstić information content (AvgIpc) is 2.79. The van der Waals surface area contributed by atoms with Crippen molar-refractivity contribution in [1.82, 2.24) is 4.98 Å². The summed E-state index contributed by atoms with van der Waals surface area (Å²) in [5.74, 6) is -2.25. The SMILES string of the molecule is CN=S(C)(=O)c1cccc(NC(=O)c2cc(C(F)(F)F)cnc2Oc2ccc(OC(F)(F)F)cc2)c1. The molecular formula is C22H17F6N3O4S. The van der Waals surface area contributed by atoms with Crippen LogP contribution in [0.3, 0.4) is 0 Å². The summed E-state index contributed by atoms with van der Waals surface area (Å²) >= 11 is 0. The Morgan fingerprint density at radius 2 is 1.64 bits per heavy atom. The highest BCUT2D eigenvalue weighted by Gasteiger charge is 2.33. The van der Waals surface area contributed by atoms with Crippen molar-refractivity contribution in [3.63, 3.8) is 0 Å². The number of rotatable bonds is 6. The second kappa shape index (κ2) is 10.0. The van der Waals surface area contributed by atoms with E-state index in [1.807, 2.05) is 0 Å². The van der Waals surface area contributed by atoms with Crippen LogP contribution in [0.2, 0.25) is 0 Å². The first kappa shape index (κ1) is 26.8. The number of hydrogen-bond acceptors (Lipinski definition) is 6. The van der Waals surface area contributed by atoms with E-state index in [0.717, 1.165) is 24.3 Å². The molecule has 3 aromatic rings. The molecule has 3 rings (SSSR count). The molecule has 2 aromatic carbocycles. The lowest BCUT2D eigenvalue weighted by Gasteiger charge is -2.14. The summed E-state index contributed by atoms with van der Waals surface area (Å²) < 4.78 is 102. The first-order valence-electron chi connectivity index (χ1n) is 9.80. The maximum atomic E-state index is 13.3. The van der Waals surface area contributed by atoms with E-state index in [1.165, 1.54) is 37.6 Å². The molecular weight excluding hydrogens is 516 g/mol. The van der Waals surface area contributed by atoms with Crippen molar-refractivity contribution in [2.24, 2.45) is 4.36 Å². The number of halogens is 6. The van der Waals surface area contributed by atoms with Crippen molar-refractivity contribution in [2.45, 2.75) is 17.4 Å². The van der Waals surface area contributed by atoms with Crippen LogP contribution >= 0.6 is 0 Å². The van der Waals surface area contributed by atoms with Crippen LogP contribution in [-0.2, 0) is 15.9 Å². The third-order valence-corrected chi connectivity index (χ3v) is 6.40. The summed E-state index contributed by atoms with van der Waals surface area (Å²) in [6.07, 6.45) is -7.92. The standard InChI is InChI=1S/C22H17F6N3O4S/c1-29-36(2,33)17-5-3-4-14(11-17)31-19(32)18-10-13(21(23,24)25)12-30-20(18)34-15-6-8-16(9-7-15)35-22(26,27)28/h3-12H,1-2H3,(H,31,32). The fraction of sp³-hybridized carbons (Fsp3) is 0.182. The van der Waals surface area contributed by atoms with Gasteiger partial charge < -0.3 is 14.8 Å². The molecule has 0 radical (unpaired) electrons. The highest BCUT2D eigenvalue weighted by molar-refractivity contribution is 7.93. The Balaban J connectivity index is 1.94. The highest BCUT2D eigenvalue weighted by atomic mass is 32.2. The molecule has 0 fully saturated rings. The molecule has 0 spiro atoms. The molecule has 0 aliphatic rings. The maximum Gasteiger partial charge on any atom is 0.573 e. The zero-order valence-electron chi connectivity index (χ0n) is 18.5. The first-order valence-corrected chi connectivity index (χ1v) is 11.7. The number of benzene rings is 2. The smallest absolute Gasteiger partial charge is 0.438 e. The second-order valence-corrected chi connectivity index (χ2v) is 9.60. The van der Waals surface area contributed by atoms with E-state index >= 15 is 0 Å². The number of carbonyl (C=O) groups is 1. The van der Waals surface area contributed by atoms with Gasteiger partial charge in [-0.25, -0.2) is 13.6 Å². The van der Waals surface area contributed by atoms with Crippen molar-refractivity contribution in [3.8, 4) is 17.4 Å². The Morgan fingerprint density at radius 3 is 2.22 bits per heavy atom. The molecule has 1 aromatic heterocycles. The van der Waals surface area contributed by atoms with Crippen LogP contribution < -0.4 is 14.8 Å². The van der Waals surface area contributed by atoms with Gasteiger partial charge in [-0.15, -0.1) is 13.2 Å². The van der Waals surface area contributed by atoms with Gasteiger partial charge in [-0.2, -0.15) is 13.2 Å². The van der Waals surface area contributed by atoms with Gasteiger partial charge in [0.15, 0.2) is 0 Å². The van der Waals surface area contributed by atoms with Crippen LogP contribution in [-0.4, -0.2) is 34.8 Å². The third kappa shape index (κ3) is 6.87. The van der Waals surface area contributed by atoms with Crippen molar-refractivity contribution < 1.29 is 44.8 Å². The van der Waals surface area contributed by atoms with Crippen LogP contribution in [0.15, 0.2) is 70.1 Å². The number of pyridine rings is 1. The fourth-order valence-electron chi connectivity index (χ4n) is 2.79. The Morgan fingerprint density at radius 1 is 1.00 bits per heavy atom. The lowest BCUT2D eigenvalue weighted by Crippen LogP contribution is -2.17. The molecule has 14 heteroatoms. The summed E-state index contributed by atoms with van der Waals surface area (Å²) in [7, 11) is -1.40. The maximum absolute atomic E-state index is 13.3. The van der Waals surface area contributed by atoms with Crippen LogP contribution in [0.1, 0.15) is 15.9 Å². The first-order chi connectivity index (χ1) is 16.7. The molecule has 36 heavy (non-hydrogen) atoms. The molecule has 1 amide bonds. The Labute approximate surface area is 201 Å². The van der Waals surface area contributed by atoms with E-state index in [9.17, 15) is 35.3 Å². The number of aromatic nitrogens is 1. The molecule has 1 atom stereocenters. The number of nitrogens with one attached hydrogen (secondary N) is 1. The number of ether oxygens (including phenoxy) is 2. The van der Waals surface area contributed by atoms with Crippen molar-refractivity contribution >= 4 is 21.3 Å². The Hall–Kier alpha value is -3.81. The van der Waals surface area contributed by atoms with Gasteiger partial charge in [0.1, 0.15) is 17.1 Å². The predicted molar refractivity (Wildman–Crippen MR) is 118 cm³/mol. The molecule has 1 heterocycles. The van der Waals surface area contributed by atoms with Crippen LogP contribution in [0.5, 0.6) is 17.4 Å². The molecule has 0 saturated heterocycles. The summed E-state index contributed by atoms with van der Waals surface area (Å²) in [6.45, 7) is 0. The second-order valence-electron chi connectivity index (χ2n) is 7.16. The predicted octanol–water partition coefficient (Wildman–Crippen LogP) is 6.13. The van der Waals surface area contributed by atoms with Crippen molar-refractivity contribution in [1.29, 1.82) is 0 Å². The van der Waals surface area contributed by atoms with E-state index in [2.05, 4.69) is 19.4 Å². The summed E-state index contributed by atoms with van der Waals surface area (Å²) in [5, 5.41) is 2.40. The number of alkyl halides is 6. The summed E-state index contributed by atoms with van der Waals surface area (Å²) in [6, 6.07) is 10.2. The van der Waals surface area contributed by atoms with E-state index in [1.54, 1.807) is 0 Å². The van der Waals surface area contributed by atoms with Gasteiger partial charge in [-0.1, -0.05) is 6.07 Å². The van der Waals surface area contributed by atoms with Crippen molar-refractivity contribution in [3.05, 3.63) is 71.9 Å². The molecule has 0 saturated carbocycles. The topological polar surface area (TPSA) is 89.9 Å². The minimum atomic E-state index is -4.92. The lowest BCUT2D eigenvalue weighted by molar-refractivity contribution is -0.274. The third-order valence-electron chi connectivity index (χ3n) is 4.57. The quantitative estimate of drug-likeness (QED) is 0.385.